The van der Waals surface area contributed by atoms with Gasteiger partial charge in [0.15, 0.2) is 6.61 Å². The van der Waals surface area contributed by atoms with Crippen LogP contribution in [0.1, 0.15) is 42.7 Å². The first kappa shape index (κ1) is 14.4. The fourth-order valence-corrected chi connectivity index (χ4v) is 3.58. The lowest BCUT2D eigenvalue weighted by Crippen LogP contribution is -1.97. The topological polar surface area (TPSA) is 48.2 Å². The van der Waals surface area contributed by atoms with Gasteiger partial charge in [0.2, 0.25) is 0 Å². The molecule has 1 heterocycles. The van der Waals surface area contributed by atoms with Crippen molar-refractivity contribution in [1.29, 1.82) is 0 Å². The van der Waals surface area contributed by atoms with Crippen LogP contribution in [0.5, 0.6) is 5.75 Å². The molecule has 0 saturated heterocycles. The zero-order chi connectivity index (χ0) is 14.7. The first-order chi connectivity index (χ1) is 10.2. The van der Waals surface area contributed by atoms with Gasteiger partial charge >= 0.3 is 0 Å². The molecule has 1 aromatic heterocycles. The van der Waals surface area contributed by atoms with E-state index in [9.17, 15) is 0 Å². The number of hydrogen-bond acceptors (Lipinski definition) is 5. The molecule has 0 atom stereocenters. The molecular weight excluding hydrogens is 284 g/mol. The number of benzene rings is 1. The second-order valence-electron chi connectivity index (χ2n) is 5.54. The highest BCUT2D eigenvalue weighted by atomic mass is 32.2. The predicted molar refractivity (Wildman–Crippen MR) is 82.7 cm³/mol. The fourth-order valence-electron chi connectivity index (χ4n) is 2.50. The fraction of sp³-hybridized carbons (Fsp3) is 0.500. The molecule has 0 bridgehead atoms. The van der Waals surface area contributed by atoms with Crippen LogP contribution in [0, 0.1) is 13.8 Å². The quantitative estimate of drug-likeness (QED) is 0.824. The van der Waals surface area contributed by atoms with Crippen molar-refractivity contribution in [3.05, 3.63) is 35.2 Å². The van der Waals surface area contributed by atoms with Crippen molar-refractivity contribution in [3.63, 3.8) is 0 Å². The van der Waals surface area contributed by atoms with Crippen molar-refractivity contribution in [2.75, 3.05) is 0 Å². The molecule has 1 aliphatic carbocycles. The SMILES string of the molecule is Cc1ccc(C)c(OCc2nnc(SC3CCCC3)o2)c1. The van der Waals surface area contributed by atoms with Gasteiger partial charge in [-0.3, -0.25) is 0 Å². The van der Waals surface area contributed by atoms with Gasteiger partial charge in [0.05, 0.1) is 0 Å². The number of nitrogens with zero attached hydrogens (tertiary/aromatic N) is 2. The van der Waals surface area contributed by atoms with Gasteiger partial charge in [-0.25, -0.2) is 0 Å². The zero-order valence-corrected chi connectivity index (χ0v) is 13.3. The first-order valence-electron chi connectivity index (χ1n) is 7.40. The highest BCUT2D eigenvalue weighted by molar-refractivity contribution is 7.99. The van der Waals surface area contributed by atoms with Crippen LogP contribution in [0.3, 0.4) is 0 Å². The Hall–Kier alpha value is -1.49. The van der Waals surface area contributed by atoms with Gasteiger partial charge < -0.3 is 9.15 Å². The highest BCUT2D eigenvalue weighted by Gasteiger charge is 2.19. The second-order valence-corrected chi connectivity index (χ2v) is 6.80. The summed E-state index contributed by atoms with van der Waals surface area (Å²) < 4.78 is 11.4. The largest absolute Gasteiger partial charge is 0.484 e. The Morgan fingerprint density at radius 2 is 2.05 bits per heavy atom. The number of hydrogen-bond donors (Lipinski definition) is 0. The summed E-state index contributed by atoms with van der Waals surface area (Å²) in [5.41, 5.74) is 2.29. The van der Waals surface area contributed by atoms with E-state index in [1.165, 1.54) is 31.2 Å². The highest BCUT2D eigenvalue weighted by Crippen LogP contribution is 2.33. The van der Waals surface area contributed by atoms with E-state index in [-0.39, 0.29) is 0 Å². The molecule has 0 spiro atoms. The molecule has 5 heteroatoms. The Morgan fingerprint density at radius 1 is 1.24 bits per heavy atom. The van der Waals surface area contributed by atoms with Crippen LogP contribution in [-0.4, -0.2) is 15.4 Å². The van der Waals surface area contributed by atoms with Crippen LogP contribution in [-0.2, 0) is 6.61 Å². The van der Waals surface area contributed by atoms with Gasteiger partial charge in [0.1, 0.15) is 5.75 Å². The van der Waals surface area contributed by atoms with E-state index in [2.05, 4.69) is 29.3 Å². The Kier molecular flexibility index (Phi) is 4.48. The van der Waals surface area contributed by atoms with Crippen molar-refractivity contribution in [2.24, 2.45) is 0 Å². The minimum Gasteiger partial charge on any atom is -0.484 e. The molecule has 1 aliphatic rings. The molecule has 1 fully saturated rings. The van der Waals surface area contributed by atoms with Gasteiger partial charge in [-0.1, -0.05) is 36.7 Å². The van der Waals surface area contributed by atoms with Gasteiger partial charge in [-0.15, -0.1) is 10.2 Å². The summed E-state index contributed by atoms with van der Waals surface area (Å²) in [5, 5.41) is 9.47. The Balaban J connectivity index is 1.58. The van der Waals surface area contributed by atoms with Crippen molar-refractivity contribution in [3.8, 4) is 5.75 Å². The minimum atomic E-state index is 0.322. The van der Waals surface area contributed by atoms with Crippen molar-refractivity contribution in [1.82, 2.24) is 10.2 Å². The maximum atomic E-state index is 5.78. The monoisotopic (exact) mass is 304 g/mol. The molecule has 4 nitrogen and oxygen atoms in total. The van der Waals surface area contributed by atoms with E-state index in [1.54, 1.807) is 11.8 Å². The van der Waals surface area contributed by atoms with Gasteiger partial charge in [0, 0.05) is 5.25 Å². The molecule has 0 aliphatic heterocycles. The molecular formula is C16H20N2O2S. The van der Waals surface area contributed by atoms with Crippen LogP contribution >= 0.6 is 11.8 Å². The molecule has 2 aromatic rings. The molecule has 0 amide bonds. The number of aryl methyl sites for hydroxylation is 2. The Bertz CT molecular complexity index is 606. The molecule has 0 unspecified atom stereocenters. The number of thioether (sulfide) groups is 1. The summed E-state index contributed by atoms with van der Waals surface area (Å²) in [6.07, 6.45) is 5.13. The third-order valence-corrected chi connectivity index (χ3v) is 4.88. The van der Waals surface area contributed by atoms with Crippen LogP contribution in [0.4, 0.5) is 0 Å². The molecule has 0 radical (unpaired) electrons. The maximum absolute atomic E-state index is 5.78. The molecule has 3 rings (SSSR count). The molecule has 1 saturated carbocycles. The van der Waals surface area contributed by atoms with Crippen LogP contribution < -0.4 is 4.74 Å². The summed E-state index contributed by atoms with van der Waals surface area (Å²) in [6.45, 7) is 4.40. The van der Waals surface area contributed by atoms with E-state index in [4.69, 9.17) is 9.15 Å². The molecule has 0 N–H and O–H groups in total. The third-order valence-electron chi connectivity index (χ3n) is 3.71. The second kappa shape index (κ2) is 6.52. The average molecular weight is 304 g/mol. The van der Waals surface area contributed by atoms with Crippen LogP contribution in [0.2, 0.25) is 0 Å². The standard InChI is InChI=1S/C16H20N2O2S/c1-11-7-8-12(2)14(9-11)19-10-15-17-18-16(20-15)21-13-5-3-4-6-13/h7-9,13H,3-6,10H2,1-2H3. The zero-order valence-electron chi connectivity index (χ0n) is 12.5. The minimum absolute atomic E-state index is 0.322. The maximum Gasteiger partial charge on any atom is 0.276 e. The lowest BCUT2D eigenvalue weighted by atomic mass is 10.1. The summed E-state index contributed by atoms with van der Waals surface area (Å²) in [7, 11) is 0. The molecule has 112 valence electrons. The Labute approximate surface area is 129 Å². The van der Waals surface area contributed by atoms with Gasteiger partial charge in [-0.05, 0) is 43.9 Å². The smallest absolute Gasteiger partial charge is 0.276 e. The normalized spacial score (nSPS) is 15.5. The number of aromatic nitrogens is 2. The van der Waals surface area contributed by atoms with Gasteiger partial charge in [-0.2, -0.15) is 0 Å². The van der Waals surface area contributed by atoms with Crippen molar-refractivity contribution < 1.29 is 9.15 Å². The Morgan fingerprint density at radius 3 is 2.86 bits per heavy atom. The summed E-state index contributed by atoms with van der Waals surface area (Å²) >= 11 is 1.70. The van der Waals surface area contributed by atoms with Crippen molar-refractivity contribution in [2.45, 2.75) is 56.6 Å². The first-order valence-corrected chi connectivity index (χ1v) is 8.28. The van der Waals surface area contributed by atoms with E-state index in [0.29, 0.717) is 23.0 Å². The molecule has 21 heavy (non-hydrogen) atoms. The van der Waals surface area contributed by atoms with Crippen LogP contribution in [0.15, 0.2) is 27.8 Å². The molecule has 1 aromatic carbocycles. The van der Waals surface area contributed by atoms with E-state index >= 15 is 0 Å². The lowest BCUT2D eigenvalue weighted by Gasteiger charge is -2.07. The van der Waals surface area contributed by atoms with E-state index in [0.717, 1.165) is 11.3 Å². The van der Waals surface area contributed by atoms with Crippen LogP contribution in [0.25, 0.3) is 0 Å². The number of rotatable bonds is 5. The summed E-state index contributed by atoms with van der Waals surface area (Å²) in [5.74, 6) is 1.41. The summed E-state index contributed by atoms with van der Waals surface area (Å²) in [4.78, 5) is 0. The lowest BCUT2D eigenvalue weighted by molar-refractivity contribution is 0.250. The predicted octanol–water partition coefficient (Wildman–Crippen LogP) is 4.30. The average Bonchev–Trinajstić information content (AvgIpc) is 3.12. The van der Waals surface area contributed by atoms with E-state index in [1.807, 2.05) is 13.0 Å². The number of ether oxygens (including phenoxy) is 1. The van der Waals surface area contributed by atoms with Crippen molar-refractivity contribution >= 4 is 11.8 Å². The third kappa shape index (κ3) is 3.79. The van der Waals surface area contributed by atoms with E-state index < -0.39 is 0 Å². The van der Waals surface area contributed by atoms with Gasteiger partial charge in [0.25, 0.3) is 11.1 Å². The summed E-state index contributed by atoms with van der Waals surface area (Å²) in [6, 6.07) is 6.16.